The zero-order chi connectivity index (χ0) is 14.5. The Morgan fingerprint density at radius 2 is 1.80 bits per heavy atom. The number of nitrogens with two attached hydrogens (primary N) is 1. The van der Waals surface area contributed by atoms with Crippen molar-refractivity contribution in [2.75, 3.05) is 0 Å². The monoisotopic (exact) mass is 269 g/mol. The van der Waals surface area contributed by atoms with Crippen LogP contribution in [0, 0.1) is 0 Å². The standard InChI is InChI=1S/C17H23N3/c1-4-15(18)11-16-9-10-19-17(20-16)14-7-5-13(6-8-14)12(2)3/h5-10,12,15H,4,11,18H2,1-3H3. The van der Waals surface area contributed by atoms with Gasteiger partial charge in [-0.2, -0.15) is 0 Å². The van der Waals surface area contributed by atoms with Gasteiger partial charge in [-0.3, -0.25) is 0 Å². The van der Waals surface area contributed by atoms with E-state index in [1.807, 2.05) is 12.3 Å². The van der Waals surface area contributed by atoms with E-state index in [2.05, 4.69) is 55.0 Å². The summed E-state index contributed by atoms with van der Waals surface area (Å²) in [7, 11) is 0. The van der Waals surface area contributed by atoms with Crippen LogP contribution in [0.25, 0.3) is 11.4 Å². The molecule has 0 amide bonds. The van der Waals surface area contributed by atoms with E-state index < -0.39 is 0 Å². The van der Waals surface area contributed by atoms with Crippen molar-refractivity contribution in [3.63, 3.8) is 0 Å². The molecular weight excluding hydrogens is 246 g/mol. The van der Waals surface area contributed by atoms with Crippen molar-refractivity contribution in [3.8, 4) is 11.4 Å². The van der Waals surface area contributed by atoms with Gasteiger partial charge in [-0.25, -0.2) is 9.97 Å². The third-order valence-electron chi connectivity index (χ3n) is 3.54. The van der Waals surface area contributed by atoms with Crippen molar-refractivity contribution in [2.45, 2.75) is 45.6 Å². The van der Waals surface area contributed by atoms with Gasteiger partial charge in [0, 0.05) is 29.9 Å². The van der Waals surface area contributed by atoms with E-state index in [0.717, 1.165) is 29.9 Å². The molecule has 20 heavy (non-hydrogen) atoms. The molecule has 106 valence electrons. The van der Waals surface area contributed by atoms with Crippen molar-refractivity contribution in [2.24, 2.45) is 5.73 Å². The number of rotatable bonds is 5. The molecular formula is C17H23N3. The van der Waals surface area contributed by atoms with Crippen molar-refractivity contribution < 1.29 is 0 Å². The van der Waals surface area contributed by atoms with Crippen LogP contribution in [0.2, 0.25) is 0 Å². The number of nitrogens with zero attached hydrogens (tertiary/aromatic N) is 2. The van der Waals surface area contributed by atoms with Crippen LogP contribution in [0.1, 0.15) is 44.4 Å². The predicted molar refractivity (Wildman–Crippen MR) is 83.5 cm³/mol. The Bertz CT molecular complexity index is 546. The largest absolute Gasteiger partial charge is 0.327 e. The molecule has 1 heterocycles. The van der Waals surface area contributed by atoms with Crippen LogP contribution in [0.3, 0.4) is 0 Å². The minimum atomic E-state index is 0.168. The van der Waals surface area contributed by atoms with Gasteiger partial charge in [0.25, 0.3) is 0 Å². The van der Waals surface area contributed by atoms with Crippen molar-refractivity contribution in [3.05, 3.63) is 47.8 Å². The quantitative estimate of drug-likeness (QED) is 0.903. The molecule has 0 spiro atoms. The molecule has 1 aromatic carbocycles. The van der Waals surface area contributed by atoms with Gasteiger partial charge >= 0.3 is 0 Å². The minimum Gasteiger partial charge on any atom is -0.327 e. The van der Waals surface area contributed by atoms with E-state index in [9.17, 15) is 0 Å². The van der Waals surface area contributed by atoms with Crippen molar-refractivity contribution >= 4 is 0 Å². The lowest BCUT2D eigenvalue weighted by molar-refractivity contribution is 0.636. The Kier molecular flexibility index (Phi) is 4.85. The first-order valence-corrected chi connectivity index (χ1v) is 7.28. The molecule has 0 aliphatic rings. The molecule has 3 heteroatoms. The summed E-state index contributed by atoms with van der Waals surface area (Å²) in [6, 6.07) is 10.6. The zero-order valence-corrected chi connectivity index (χ0v) is 12.5. The van der Waals surface area contributed by atoms with Gasteiger partial charge in [-0.15, -0.1) is 0 Å². The first-order valence-electron chi connectivity index (χ1n) is 7.28. The molecule has 0 bridgehead atoms. The highest BCUT2D eigenvalue weighted by molar-refractivity contribution is 5.55. The molecule has 3 nitrogen and oxygen atoms in total. The Hall–Kier alpha value is -1.74. The van der Waals surface area contributed by atoms with E-state index >= 15 is 0 Å². The Morgan fingerprint density at radius 3 is 2.40 bits per heavy atom. The Balaban J connectivity index is 2.22. The topological polar surface area (TPSA) is 51.8 Å². The zero-order valence-electron chi connectivity index (χ0n) is 12.5. The summed E-state index contributed by atoms with van der Waals surface area (Å²) in [4.78, 5) is 8.98. The van der Waals surface area contributed by atoms with E-state index in [0.29, 0.717) is 5.92 Å². The van der Waals surface area contributed by atoms with Crippen LogP contribution in [-0.4, -0.2) is 16.0 Å². The van der Waals surface area contributed by atoms with Crippen molar-refractivity contribution in [1.29, 1.82) is 0 Å². The van der Waals surface area contributed by atoms with Crippen LogP contribution in [-0.2, 0) is 6.42 Å². The van der Waals surface area contributed by atoms with Crippen LogP contribution < -0.4 is 5.73 Å². The maximum absolute atomic E-state index is 5.99. The van der Waals surface area contributed by atoms with E-state index in [-0.39, 0.29) is 6.04 Å². The normalized spacial score (nSPS) is 12.7. The van der Waals surface area contributed by atoms with E-state index in [4.69, 9.17) is 5.73 Å². The summed E-state index contributed by atoms with van der Waals surface area (Å²) in [5, 5.41) is 0. The number of hydrogen-bond donors (Lipinski definition) is 1. The fourth-order valence-corrected chi connectivity index (χ4v) is 2.08. The third-order valence-corrected chi connectivity index (χ3v) is 3.54. The Morgan fingerprint density at radius 1 is 1.10 bits per heavy atom. The lowest BCUT2D eigenvalue weighted by Crippen LogP contribution is -2.22. The van der Waals surface area contributed by atoms with Crippen molar-refractivity contribution in [1.82, 2.24) is 9.97 Å². The van der Waals surface area contributed by atoms with Crippen LogP contribution >= 0.6 is 0 Å². The highest BCUT2D eigenvalue weighted by Crippen LogP contribution is 2.20. The fraction of sp³-hybridized carbons (Fsp3) is 0.412. The van der Waals surface area contributed by atoms with Crippen LogP contribution in [0.5, 0.6) is 0 Å². The number of benzene rings is 1. The van der Waals surface area contributed by atoms with Gasteiger partial charge in [-0.05, 0) is 24.0 Å². The number of aromatic nitrogens is 2. The molecule has 1 unspecified atom stereocenters. The minimum absolute atomic E-state index is 0.168. The predicted octanol–water partition coefficient (Wildman–Crippen LogP) is 3.55. The van der Waals surface area contributed by atoms with Gasteiger partial charge in [0.05, 0.1) is 0 Å². The van der Waals surface area contributed by atoms with Crippen LogP contribution in [0.4, 0.5) is 0 Å². The van der Waals surface area contributed by atoms with Gasteiger partial charge in [-0.1, -0.05) is 45.0 Å². The van der Waals surface area contributed by atoms with Crippen LogP contribution in [0.15, 0.2) is 36.5 Å². The van der Waals surface area contributed by atoms with Gasteiger partial charge < -0.3 is 5.73 Å². The maximum Gasteiger partial charge on any atom is 0.159 e. The maximum atomic E-state index is 5.99. The molecule has 2 N–H and O–H groups in total. The molecule has 2 aromatic rings. The van der Waals surface area contributed by atoms with E-state index in [1.54, 1.807) is 0 Å². The molecule has 1 atom stereocenters. The lowest BCUT2D eigenvalue weighted by Gasteiger charge is -2.09. The van der Waals surface area contributed by atoms with Gasteiger partial charge in [0.1, 0.15) is 0 Å². The van der Waals surface area contributed by atoms with E-state index in [1.165, 1.54) is 5.56 Å². The van der Waals surface area contributed by atoms with Gasteiger partial charge in [0.2, 0.25) is 0 Å². The molecule has 0 aliphatic heterocycles. The second kappa shape index (κ2) is 6.62. The third kappa shape index (κ3) is 3.64. The summed E-state index contributed by atoms with van der Waals surface area (Å²) in [6.45, 7) is 6.48. The molecule has 1 aromatic heterocycles. The summed E-state index contributed by atoms with van der Waals surface area (Å²) < 4.78 is 0. The first kappa shape index (κ1) is 14.7. The molecule has 0 saturated heterocycles. The molecule has 0 saturated carbocycles. The second-order valence-corrected chi connectivity index (χ2v) is 5.52. The molecule has 0 radical (unpaired) electrons. The smallest absolute Gasteiger partial charge is 0.159 e. The summed E-state index contributed by atoms with van der Waals surface area (Å²) in [5.74, 6) is 1.32. The molecule has 0 fully saturated rings. The second-order valence-electron chi connectivity index (χ2n) is 5.52. The lowest BCUT2D eigenvalue weighted by atomic mass is 10.0. The fourth-order valence-electron chi connectivity index (χ4n) is 2.08. The SMILES string of the molecule is CCC(N)Cc1ccnc(-c2ccc(C(C)C)cc2)n1. The number of hydrogen-bond acceptors (Lipinski definition) is 3. The average Bonchev–Trinajstić information content (AvgIpc) is 2.47. The highest BCUT2D eigenvalue weighted by atomic mass is 14.9. The first-order chi connectivity index (χ1) is 9.60. The van der Waals surface area contributed by atoms with Gasteiger partial charge in [0.15, 0.2) is 5.82 Å². The summed E-state index contributed by atoms with van der Waals surface area (Å²) in [6.07, 6.45) is 3.58. The average molecular weight is 269 g/mol. The molecule has 2 rings (SSSR count). The summed E-state index contributed by atoms with van der Waals surface area (Å²) >= 11 is 0. The summed E-state index contributed by atoms with van der Waals surface area (Å²) in [5.41, 5.74) is 9.39. The molecule has 0 aliphatic carbocycles. The Labute approximate surface area is 121 Å². The highest BCUT2D eigenvalue weighted by Gasteiger charge is 2.07.